The molecule has 22 heavy (non-hydrogen) atoms. The first-order valence-corrected chi connectivity index (χ1v) is 7.94. The number of ether oxygens (including phenoxy) is 2. The van der Waals surface area contributed by atoms with Crippen LogP contribution in [0.4, 0.5) is 0 Å². The molecule has 1 saturated heterocycles. The lowest BCUT2D eigenvalue weighted by atomic mass is 10.0. The first-order chi connectivity index (χ1) is 10.6. The first kappa shape index (κ1) is 16.8. The molecule has 5 nitrogen and oxygen atoms in total. The lowest BCUT2D eigenvalue weighted by Crippen LogP contribution is -2.42. The minimum absolute atomic E-state index is 0.0602. The van der Waals surface area contributed by atoms with E-state index in [1.54, 1.807) is 0 Å². The predicted octanol–water partition coefficient (Wildman–Crippen LogP) is 1.64. The molecule has 1 heterocycles. The average Bonchev–Trinajstić information content (AvgIpc) is 2.54. The molecule has 1 aromatic carbocycles. The Morgan fingerprint density at radius 2 is 2.14 bits per heavy atom. The smallest absolute Gasteiger partial charge is 0.257 e. The number of amides is 1. The molecule has 122 valence electrons. The molecular weight excluding hydrogens is 280 g/mol. The van der Waals surface area contributed by atoms with E-state index < -0.39 is 0 Å². The normalized spacial score (nSPS) is 15.8. The Labute approximate surface area is 132 Å². The fourth-order valence-electron chi connectivity index (χ4n) is 2.34. The maximum absolute atomic E-state index is 11.8. The van der Waals surface area contributed by atoms with Crippen molar-refractivity contribution in [1.82, 2.24) is 10.2 Å². The number of morpholine rings is 1. The molecule has 0 saturated carbocycles. The summed E-state index contributed by atoms with van der Waals surface area (Å²) in [5.41, 5.74) is 1.21. The number of hydrogen-bond acceptors (Lipinski definition) is 4. The number of rotatable bonds is 7. The Bertz CT molecular complexity index is 471. The van der Waals surface area contributed by atoms with Crippen molar-refractivity contribution in [2.24, 2.45) is 0 Å². The monoisotopic (exact) mass is 306 g/mol. The van der Waals surface area contributed by atoms with Gasteiger partial charge >= 0.3 is 0 Å². The summed E-state index contributed by atoms with van der Waals surface area (Å²) in [5.74, 6) is 1.11. The highest BCUT2D eigenvalue weighted by Gasteiger charge is 2.10. The van der Waals surface area contributed by atoms with Crippen molar-refractivity contribution >= 4 is 5.91 Å². The lowest BCUT2D eigenvalue weighted by Gasteiger charge is -2.26. The van der Waals surface area contributed by atoms with E-state index in [1.165, 1.54) is 5.56 Å². The van der Waals surface area contributed by atoms with Crippen LogP contribution in [0.25, 0.3) is 0 Å². The van der Waals surface area contributed by atoms with E-state index in [2.05, 4.69) is 30.1 Å². The van der Waals surface area contributed by atoms with Gasteiger partial charge in [-0.2, -0.15) is 0 Å². The zero-order valence-corrected chi connectivity index (χ0v) is 13.5. The third kappa shape index (κ3) is 5.66. The molecule has 1 amide bonds. The summed E-state index contributed by atoms with van der Waals surface area (Å²) < 4.78 is 10.8. The van der Waals surface area contributed by atoms with Crippen LogP contribution in [0.1, 0.15) is 25.3 Å². The molecule has 0 aliphatic carbocycles. The summed E-state index contributed by atoms with van der Waals surface area (Å²) in [7, 11) is 0. The number of nitrogens with zero attached hydrogens (tertiary/aromatic N) is 1. The van der Waals surface area contributed by atoms with E-state index in [0.717, 1.165) is 38.6 Å². The van der Waals surface area contributed by atoms with Gasteiger partial charge in [0.2, 0.25) is 0 Å². The summed E-state index contributed by atoms with van der Waals surface area (Å²) in [6.45, 7) is 9.28. The predicted molar refractivity (Wildman–Crippen MR) is 86.3 cm³/mol. The third-order valence-electron chi connectivity index (χ3n) is 3.75. The van der Waals surface area contributed by atoms with Gasteiger partial charge in [0, 0.05) is 26.2 Å². The molecule has 1 aliphatic rings. The molecule has 5 heteroatoms. The molecule has 0 atom stereocenters. The van der Waals surface area contributed by atoms with Crippen molar-refractivity contribution in [3.05, 3.63) is 29.8 Å². The topological polar surface area (TPSA) is 50.8 Å². The molecule has 1 aromatic rings. The highest BCUT2D eigenvalue weighted by molar-refractivity contribution is 5.77. The van der Waals surface area contributed by atoms with E-state index in [1.807, 2.05) is 18.2 Å². The summed E-state index contributed by atoms with van der Waals surface area (Å²) >= 11 is 0. The van der Waals surface area contributed by atoms with Crippen molar-refractivity contribution in [3.63, 3.8) is 0 Å². The molecule has 0 radical (unpaired) electrons. The minimum Gasteiger partial charge on any atom is -0.484 e. The summed E-state index contributed by atoms with van der Waals surface area (Å²) in [6.07, 6.45) is 0. The van der Waals surface area contributed by atoms with Crippen LogP contribution in [0.5, 0.6) is 5.75 Å². The van der Waals surface area contributed by atoms with Crippen molar-refractivity contribution in [1.29, 1.82) is 0 Å². The standard InChI is InChI=1S/C17H26N2O3/c1-14(2)15-4-3-5-16(12-15)22-13-17(20)18-6-7-19-8-10-21-11-9-19/h3-5,12,14H,6-11,13H2,1-2H3,(H,18,20). The van der Waals surface area contributed by atoms with E-state index in [9.17, 15) is 4.79 Å². The fraction of sp³-hybridized carbons (Fsp3) is 0.588. The van der Waals surface area contributed by atoms with Crippen molar-refractivity contribution in [2.75, 3.05) is 46.0 Å². The lowest BCUT2D eigenvalue weighted by molar-refractivity contribution is -0.123. The van der Waals surface area contributed by atoms with E-state index >= 15 is 0 Å². The van der Waals surface area contributed by atoms with Crippen molar-refractivity contribution in [3.8, 4) is 5.75 Å². The van der Waals surface area contributed by atoms with E-state index in [0.29, 0.717) is 12.5 Å². The second-order valence-electron chi connectivity index (χ2n) is 5.82. The highest BCUT2D eigenvalue weighted by atomic mass is 16.5. The molecule has 0 aromatic heterocycles. The van der Waals surface area contributed by atoms with Gasteiger partial charge in [0.25, 0.3) is 5.91 Å². The van der Waals surface area contributed by atoms with Gasteiger partial charge in [0.15, 0.2) is 6.61 Å². The number of hydrogen-bond donors (Lipinski definition) is 1. The zero-order valence-electron chi connectivity index (χ0n) is 13.5. The van der Waals surface area contributed by atoms with Crippen LogP contribution in [0.3, 0.4) is 0 Å². The van der Waals surface area contributed by atoms with Gasteiger partial charge in [-0.25, -0.2) is 0 Å². The van der Waals surface area contributed by atoms with Crippen LogP contribution in [0.15, 0.2) is 24.3 Å². The second-order valence-corrected chi connectivity index (χ2v) is 5.82. The SMILES string of the molecule is CC(C)c1cccc(OCC(=O)NCCN2CCOCC2)c1. The molecule has 0 bridgehead atoms. The van der Waals surface area contributed by atoms with Crippen molar-refractivity contribution < 1.29 is 14.3 Å². The number of carbonyl (C=O) groups excluding carboxylic acids is 1. The number of nitrogens with one attached hydrogen (secondary N) is 1. The van der Waals surface area contributed by atoms with Crippen LogP contribution < -0.4 is 10.1 Å². The molecule has 0 spiro atoms. The Kier molecular flexibility index (Phi) is 6.68. The third-order valence-corrected chi connectivity index (χ3v) is 3.75. The van der Waals surface area contributed by atoms with Gasteiger partial charge in [-0.3, -0.25) is 9.69 Å². The summed E-state index contributed by atoms with van der Waals surface area (Å²) in [6, 6.07) is 7.90. The molecular formula is C17H26N2O3. The van der Waals surface area contributed by atoms with Gasteiger partial charge in [-0.1, -0.05) is 26.0 Å². The quantitative estimate of drug-likeness (QED) is 0.832. The Morgan fingerprint density at radius 3 is 2.86 bits per heavy atom. The van der Waals surface area contributed by atoms with Crippen LogP contribution in [0.2, 0.25) is 0 Å². The summed E-state index contributed by atoms with van der Waals surface area (Å²) in [5, 5.41) is 2.89. The maximum atomic E-state index is 11.8. The van der Waals surface area contributed by atoms with E-state index in [-0.39, 0.29) is 12.5 Å². The van der Waals surface area contributed by atoms with Crippen molar-refractivity contribution in [2.45, 2.75) is 19.8 Å². The van der Waals surface area contributed by atoms with Gasteiger partial charge < -0.3 is 14.8 Å². The molecule has 0 unspecified atom stereocenters. The van der Waals surface area contributed by atoms with Gasteiger partial charge in [0.05, 0.1) is 13.2 Å². The van der Waals surface area contributed by atoms with Crippen LogP contribution in [-0.4, -0.2) is 56.8 Å². The zero-order chi connectivity index (χ0) is 15.8. The molecule has 1 aliphatic heterocycles. The Morgan fingerprint density at radius 1 is 1.36 bits per heavy atom. The molecule has 1 fully saturated rings. The van der Waals surface area contributed by atoms with E-state index in [4.69, 9.17) is 9.47 Å². The van der Waals surface area contributed by atoms with Crippen LogP contribution in [0, 0.1) is 0 Å². The van der Waals surface area contributed by atoms with Gasteiger partial charge in [0.1, 0.15) is 5.75 Å². The molecule has 1 N–H and O–H groups in total. The maximum Gasteiger partial charge on any atom is 0.257 e. The summed E-state index contributed by atoms with van der Waals surface area (Å²) in [4.78, 5) is 14.1. The average molecular weight is 306 g/mol. The fourth-order valence-corrected chi connectivity index (χ4v) is 2.34. The molecule has 2 rings (SSSR count). The Balaban J connectivity index is 1.65. The van der Waals surface area contributed by atoms with Crippen LogP contribution >= 0.6 is 0 Å². The Hall–Kier alpha value is -1.59. The largest absolute Gasteiger partial charge is 0.484 e. The minimum atomic E-state index is -0.0804. The van der Waals surface area contributed by atoms with Gasteiger partial charge in [-0.05, 0) is 23.6 Å². The highest BCUT2D eigenvalue weighted by Crippen LogP contribution is 2.19. The van der Waals surface area contributed by atoms with Gasteiger partial charge in [-0.15, -0.1) is 0 Å². The second kappa shape index (κ2) is 8.76. The van der Waals surface area contributed by atoms with Crippen LogP contribution in [-0.2, 0) is 9.53 Å². The number of carbonyl (C=O) groups is 1. The first-order valence-electron chi connectivity index (χ1n) is 7.94. The number of benzene rings is 1.